The molecule has 0 saturated carbocycles. The van der Waals surface area contributed by atoms with Crippen LogP contribution in [0.25, 0.3) is 0 Å². The first-order chi connectivity index (χ1) is 7.83. The van der Waals surface area contributed by atoms with E-state index in [1.165, 1.54) is 11.1 Å². The largest absolute Gasteiger partial charge is 0.177 e. The fourth-order valence-electron chi connectivity index (χ4n) is 2.36. The van der Waals surface area contributed by atoms with E-state index in [1.807, 2.05) is 6.07 Å². The van der Waals surface area contributed by atoms with Crippen LogP contribution in [0, 0.1) is 0 Å². The summed E-state index contributed by atoms with van der Waals surface area (Å²) in [6, 6.07) is 6.14. The molecular weight excluding hydrogens is 224 g/mol. The third-order valence-electron chi connectivity index (χ3n) is 3.13. The number of nitrogens with zero attached hydrogens (tertiary/aromatic N) is 3. The molecule has 4 nitrogen and oxygen atoms in total. The molecule has 0 radical (unpaired) electrons. The van der Waals surface area contributed by atoms with E-state index in [0.29, 0.717) is 5.92 Å². The molecule has 82 valence electrons. The van der Waals surface area contributed by atoms with Crippen LogP contribution < -0.4 is 0 Å². The van der Waals surface area contributed by atoms with Crippen LogP contribution in [0.3, 0.4) is 0 Å². The quantitative estimate of drug-likeness (QED) is 0.866. The molecule has 1 unspecified atom stereocenters. The summed E-state index contributed by atoms with van der Waals surface area (Å²) in [6.07, 6.45) is 3.10. The number of nitrogens with one attached hydrogen (secondary N) is 1. The Kier molecular flexibility index (Phi) is 2.36. The van der Waals surface area contributed by atoms with Gasteiger partial charge in [0.05, 0.1) is 0 Å². The van der Waals surface area contributed by atoms with Crippen LogP contribution in [0.1, 0.15) is 29.3 Å². The second kappa shape index (κ2) is 3.87. The maximum atomic E-state index is 6.02. The molecule has 3 rings (SSSR count). The van der Waals surface area contributed by atoms with Crippen LogP contribution in [0.15, 0.2) is 18.2 Å². The van der Waals surface area contributed by atoms with Gasteiger partial charge < -0.3 is 0 Å². The Morgan fingerprint density at radius 1 is 1.44 bits per heavy atom. The zero-order valence-corrected chi connectivity index (χ0v) is 9.41. The SMILES string of the molecule is Clc1ccc2c(c1)C(Cc1nn[nH]n1)CC2. The van der Waals surface area contributed by atoms with Gasteiger partial charge in [-0.3, -0.25) is 0 Å². The number of aryl methyl sites for hydroxylation is 1. The molecular formula is C11H11ClN4. The summed E-state index contributed by atoms with van der Waals surface area (Å²) in [4.78, 5) is 0. The zero-order valence-electron chi connectivity index (χ0n) is 8.65. The number of hydrogen-bond donors (Lipinski definition) is 1. The molecule has 1 aliphatic rings. The number of aromatic nitrogens is 4. The van der Waals surface area contributed by atoms with Crippen LogP contribution in [0.4, 0.5) is 0 Å². The molecule has 1 aliphatic carbocycles. The number of benzene rings is 1. The normalized spacial score (nSPS) is 18.7. The van der Waals surface area contributed by atoms with Crippen molar-refractivity contribution in [1.29, 1.82) is 0 Å². The lowest BCUT2D eigenvalue weighted by Gasteiger charge is -2.08. The number of fused-ring (bicyclic) bond motifs is 1. The summed E-state index contributed by atoms with van der Waals surface area (Å²) >= 11 is 6.02. The van der Waals surface area contributed by atoms with Gasteiger partial charge in [0.15, 0.2) is 5.82 Å². The van der Waals surface area contributed by atoms with Crippen molar-refractivity contribution < 1.29 is 0 Å². The smallest absolute Gasteiger partial charge is 0.175 e. The summed E-state index contributed by atoms with van der Waals surface area (Å²) in [5.41, 5.74) is 2.75. The molecule has 1 N–H and O–H groups in total. The molecule has 16 heavy (non-hydrogen) atoms. The van der Waals surface area contributed by atoms with Gasteiger partial charge in [0.1, 0.15) is 0 Å². The van der Waals surface area contributed by atoms with Crippen molar-refractivity contribution in [2.24, 2.45) is 0 Å². The Balaban J connectivity index is 1.88. The van der Waals surface area contributed by atoms with Crippen LogP contribution in [-0.2, 0) is 12.8 Å². The molecule has 2 aromatic rings. The highest BCUT2D eigenvalue weighted by atomic mass is 35.5. The van der Waals surface area contributed by atoms with Gasteiger partial charge in [-0.25, -0.2) is 0 Å². The second-order valence-electron chi connectivity index (χ2n) is 4.11. The summed E-state index contributed by atoms with van der Waals surface area (Å²) in [5, 5.41) is 14.9. The first-order valence-electron chi connectivity index (χ1n) is 5.33. The maximum Gasteiger partial charge on any atom is 0.175 e. The molecule has 0 aliphatic heterocycles. The van der Waals surface area contributed by atoms with E-state index in [2.05, 4.69) is 32.8 Å². The van der Waals surface area contributed by atoms with Crippen LogP contribution >= 0.6 is 11.6 Å². The number of hydrogen-bond acceptors (Lipinski definition) is 3. The van der Waals surface area contributed by atoms with Crippen LogP contribution in [0.2, 0.25) is 5.02 Å². The number of aromatic amines is 1. The number of tetrazole rings is 1. The van der Waals surface area contributed by atoms with E-state index in [0.717, 1.165) is 30.1 Å². The molecule has 1 atom stereocenters. The summed E-state index contributed by atoms with van der Waals surface area (Å²) < 4.78 is 0. The lowest BCUT2D eigenvalue weighted by Crippen LogP contribution is -2.00. The minimum atomic E-state index is 0.478. The Labute approximate surface area is 98.0 Å². The van der Waals surface area contributed by atoms with Gasteiger partial charge in [0, 0.05) is 11.4 Å². The van der Waals surface area contributed by atoms with Gasteiger partial charge in [0.25, 0.3) is 0 Å². The van der Waals surface area contributed by atoms with Crippen molar-refractivity contribution in [1.82, 2.24) is 20.6 Å². The van der Waals surface area contributed by atoms with Crippen molar-refractivity contribution in [2.45, 2.75) is 25.2 Å². The van der Waals surface area contributed by atoms with Gasteiger partial charge in [-0.2, -0.15) is 5.21 Å². The Morgan fingerprint density at radius 2 is 2.38 bits per heavy atom. The number of halogens is 1. The fraction of sp³-hybridized carbons (Fsp3) is 0.364. The van der Waals surface area contributed by atoms with Gasteiger partial charge in [-0.1, -0.05) is 22.9 Å². The molecule has 0 saturated heterocycles. The molecule has 0 fully saturated rings. The summed E-state index contributed by atoms with van der Waals surface area (Å²) in [5.74, 6) is 1.25. The molecule has 0 amide bonds. The molecule has 1 heterocycles. The minimum Gasteiger partial charge on any atom is -0.177 e. The van der Waals surface area contributed by atoms with Crippen molar-refractivity contribution in [2.75, 3.05) is 0 Å². The molecule has 1 aromatic carbocycles. The van der Waals surface area contributed by atoms with Gasteiger partial charge in [-0.15, -0.1) is 10.2 Å². The molecule has 0 bridgehead atoms. The lowest BCUT2D eigenvalue weighted by atomic mass is 9.98. The van der Waals surface area contributed by atoms with E-state index in [1.54, 1.807) is 0 Å². The number of H-pyrrole nitrogens is 1. The molecule has 5 heteroatoms. The number of rotatable bonds is 2. The highest BCUT2D eigenvalue weighted by Gasteiger charge is 2.24. The minimum absolute atomic E-state index is 0.478. The average Bonchev–Trinajstić information content (AvgIpc) is 2.90. The van der Waals surface area contributed by atoms with Crippen molar-refractivity contribution in [3.63, 3.8) is 0 Å². The first kappa shape index (κ1) is 9.78. The lowest BCUT2D eigenvalue weighted by molar-refractivity contribution is 0.650. The van der Waals surface area contributed by atoms with E-state index < -0.39 is 0 Å². The zero-order chi connectivity index (χ0) is 11.0. The summed E-state index contributed by atoms with van der Waals surface area (Å²) in [7, 11) is 0. The Bertz CT molecular complexity index is 495. The highest BCUT2D eigenvalue weighted by Crippen LogP contribution is 2.36. The summed E-state index contributed by atoms with van der Waals surface area (Å²) in [6.45, 7) is 0. The standard InChI is InChI=1S/C11H11ClN4/c12-9-4-3-7-1-2-8(10(7)6-9)5-11-13-15-16-14-11/h3-4,6,8H,1-2,5H2,(H,13,14,15,16). The fourth-order valence-corrected chi connectivity index (χ4v) is 2.54. The predicted molar refractivity (Wildman–Crippen MR) is 60.4 cm³/mol. The van der Waals surface area contributed by atoms with E-state index in [-0.39, 0.29) is 0 Å². The second-order valence-corrected chi connectivity index (χ2v) is 4.55. The van der Waals surface area contributed by atoms with Gasteiger partial charge in [0.2, 0.25) is 0 Å². The third-order valence-corrected chi connectivity index (χ3v) is 3.36. The van der Waals surface area contributed by atoms with E-state index in [4.69, 9.17) is 11.6 Å². The first-order valence-corrected chi connectivity index (χ1v) is 5.71. The Morgan fingerprint density at radius 3 is 3.19 bits per heavy atom. The highest BCUT2D eigenvalue weighted by molar-refractivity contribution is 6.30. The third kappa shape index (κ3) is 1.69. The van der Waals surface area contributed by atoms with Crippen LogP contribution in [-0.4, -0.2) is 20.6 Å². The van der Waals surface area contributed by atoms with Gasteiger partial charge >= 0.3 is 0 Å². The maximum absolute atomic E-state index is 6.02. The monoisotopic (exact) mass is 234 g/mol. The van der Waals surface area contributed by atoms with Gasteiger partial charge in [-0.05, 0) is 42.0 Å². The Hall–Kier alpha value is -1.42. The molecule has 1 aromatic heterocycles. The topological polar surface area (TPSA) is 54.5 Å². The van der Waals surface area contributed by atoms with E-state index >= 15 is 0 Å². The average molecular weight is 235 g/mol. The van der Waals surface area contributed by atoms with Crippen molar-refractivity contribution in [3.8, 4) is 0 Å². The van der Waals surface area contributed by atoms with E-state index in [9.17, 15) is 0 Å². The predicted octanol–water partition coefficient (Wildman–Crippen LogP) is 2.13. The van der Waals surface area contributed by atoms with Crippen LogP contribution in [0.5, 0.6) is 0 Å². The van der Waals surface area contributed by atoms with Crippen molar-refractivity contribution >= 4 is 11.6 Å². The van der Waals surface area contributed by atoms with Crippen molar-refractivity contribution in [3.05, 3.63) is 40.2 Å². The molecule has 0 spiro atoms.